The van der Waals surface area contributed by atoms with E-state index in [1.165, 1.54) is 32.1 Å². The Hall–Kier alpha value is -0.0800. The van der Waals surface area contributed by atoms with Crippen molar-refractivity contribution in [1.82, 2.24) is 5.32 Å². The second-order valence-corrected chi connectivity index (χ2v) is 4.49. The monoisotopic (exact) mass is 199 g/mol. The molecule has 0 aromatic heterocycles. The van der Waals surface area contributed by atoms with Crippen molar-refractivity contribution in [3.05, 3.63) is 0 Å². The van der Waals surface area contributed by atoms with E-state index < -0.39 is 0 Å². The molecule has 1 N–H and O–H groups in total. The molecule has 0 aromatic carbocycles. The van der Waals surface area contributed by atoms with Gasteiger partial charge >= 0.3 is 0 Å². The largest absolute Gasteiger partial charge is 0.378 e. The topological polar surface area (TPSA) is 21.3 Å². The zero-order valence-corrected chi connectivity index (χ0v) is 9.72. The number of hydrogen-bond acceptors (Lipinski definition) is 2. The van der Waals surface area contributed by atoms with Crippen LogP contribution >= 0.6 is 0 Å². The maximum Gasteiger partial charge on any atom is 0.0587 e. The molecule has 0 spiro atoms. The molecule has 14 heavy (non-hydrogen) atoms. The van der Waals surface area contributed by atoms with Gasteiger partial charge in [-0.1, -0.05) is 20.3 Å². The van der Waals surface area contributed by atoms with Crippen molar-refractivity contribution in [2.45, 2.75) is 52.1 Å². The number of nitrogens with one attached hydrogen (secondary N) is 1. The highest BCUT2D eigenvalue weighted by Crippen LogP contribution is 2.14. The summed E-state index contributed by atoms with van der Waals surface area (Å²) in [5.74, 6) is 0.808. The minimum Gasteiger partial charge on any atom is -0.378 e. The van der Waals surface area contributed by atoms with Crippen LogP contribution in [0.5, 0.6) is 0 Å². The van der Waals surface area contributed by atoms with Gasteiger partial charge in [-0.15, -0.1) is 0 Å². The molecule has 2 atom stereocenters. The lowest BCUT2D eigenvalue weighted by molar-refractivity contribution is 0.0115. The smallest absolute Gasteiger partial charge is 0.0587 e. The maximum atomic E-state index is 5.67. The van der Waals surface area contributed by atoms with Crippen LogP contribution in [0, 0.1) is 5.92 Å². The summed E-state index contributed by atoms with van der Waals surface area (Å²) in [7, 11) is 0. The fourth-order valence-electron chi connectivity index (χ4n) is 1.79. The van der Waals surface area contributed by atoms with E-state index in [9.17, 15) is 0 Å². The molecular formula is C12H25NO. The minimum atomic E-state index is 0.535. The predicted molar refractivity (Wildman–Crippen MR) is 60.5 cm³/mol. The normalized spacial score (nSPS) is 24.9. The summed E-state index contributed by atoms with van der Waals surface area (Å²) in [5, 5.41) is 3.50. The van der Waals surface area contributed by atoms with E-state index in [1.54, 1.807) is 0 Å². The van der Waals surface area contributed by atoms with Gasteiger partial charge in [-0.25, -0.2) is 0 Å². The summed E-state index contributed by atoms with van der Waals surface area (Å²) in [6, 6.07) is 0. The van der Waals surface area contributed by atoms with Crippen LogP contribution < -0.4 is 5.32 Å². The van der Waals surface area contributed by atoms with Crippen molar-refractivity contribution in [2.24, 2.45) is 5.92 Å². The van der Waals surface area contributed by atoms with Gasteiger partial charge in [-0.3, -0.25) is 0 Å². The minimum absolute atomic E-state index is 0.535. The second-order valence-electron chi connectivity index (χ2n) is 4.49. The molecule has 0 bridgehead atoms. The lowest BCUT2D eigenvalue weighted by atomic mass is 10.1. The van der Waals surface area contributed by atoms with E-state index in [2.05, 4.69) is 19.2 Å². The van der Waals surface area contributed by atoms with Crippen LogP contribution in [0.3, 0.4) is 0 Å². The third-order valence-electron chi connectivity index (χ3n) is 3.11. The summed E-state index contributed by atoms with van der Waals surface area (Å²) in [6.45, 7) is 7.80. The van der Waals surface area contributed by atoms with Gasteiger partial charge in [0.15, 0.2) is 0 Å². The summed E-state index contributed by atoms with van der Waals surface area (Å²) >= 11 is 0. The first-order valence-electron chi connectivity index (χ1n) is 6.15. The molecule has 0 amide bonds. The van der Waals surface area contributed by atoms with Crippen LogP contribution in [-0.4, -0.2) is 25.8 Å². The second kappa shape index (κ2) is 7.24. The highest BCUT2D eigenvalue weighted by atomic mass is 16.5. The summed E-state index contributed by atoms with van der Waals surface area (Å²) < 4.78 is 5.67. The van der Waals surface area contributed by atoms with Gasteiger partial charge in [-0.05, 0) is 44.7 Å². The lowest BCUT2D eigenvalue weighted by Gasteiger charge is -2.22. The molecule has 0 aliphatic carbocycles. The van der Waals surface area contributed by atoms with Crippen LogP contribution in [0.25, 0.3) is 0 Å². The van der Waals surface area contributed by atoms with E-state index in [4.69, 9.17) is 4.74 Å². The fourth-order valence-corrected chi connectivity index (χ4v) is 1.79. The van der Waals surface area contributed by atoms with Crippen molar-refractivity contribution < 1.29 is 4.74 Å². The van der Waals surface area contributed by atoms with Crippen LogP contribution in [0.15, 0.2) is 0 Å². The molecule has 1 rings (SSSR count). The first kappa shape index (κ1) is 12.0. The molecule has 2 nitrogen and oxygen atoms in total. The van der Waals surface area contributed by atoms with Gasteiger partial charge in [0.1, 0.15) is 0 Å². The third kappa shape index (κ3) is 4.97. The van der Waals surface area contributed by atoms with Gasteiger partial charge in [0.2, 0.25) is 0 Å². The molecule has 1 fully saturated rings. The van der Waals surface area contributed by atoms with Gasteiger partial charge in [0.25, 0.3) is 0 Å². The number of rotatable bonds is 6. The standard InChI is InChI=1S/C12H25NO/c1-3-11(2)10-13-8-7-12-6-4-5-9-14-12/h11-13H,3-10H2,1-2H3. The first-order valence-corrected chi connectivity index (χ1v) is 6.15. The lowest BCUT2D eigenvalue weighted by Crippen LogP contribution is -2.27. The van der Waals surface area contributed by atoms with Gasteiger partial charge in [0, 0.05) is 6.61 Å². The van der Waals surface area contributed by atoms with Crippen molar-refractivity contribution in [2.75, 3.05) is 19.7 Å². The van der Waals surface area contributed by atoms with Crippen LogP contribution in [0.1, 0.15) is 46.0 Å². The van der Waals surface area contributed by atoms with Crippen LogP contribution in [-0.2, 0) is 4.74 Å². The van der Waals surface area contributed by atoms with Crippen molar-refractivity contribution in [1.29, 1.82) is 0 Å². The average molecular weight is 199 g/mol. The Bertz CT molecular complexity index is 132. The highest BCUT2D eigenvalue weighted by molar-refractivity contribution is 4.65. The molecule has 0 radical (unpaired) electrons. The van der Waals surface area contributed by atoms with E-state index in [1.807, 2.05) is 0 Å². The molecular weight excluding hydrogens is 174 g/mol. The van der Waals surface area contributed by atoms with Crippen LogP contribution in [0.2, 0.25) is 0 Å². The maximum absolute atomic E-state index is 5.67. The Kier molecular flexibility index (Phi) is 6.20. The molecule has 1 aliphatic rings. The van der Waals surface area contributed by atoms with E-state index in [0.29, 0.717) is 6.10 Å². The Morgan fingerprint density at radius 2 is 2.29 bits per heavy atom. The van der Waals surface area contributed by atoms with E-state index >= 15 is 0 Å². The highest BCUT2D eigenvalue weighted by Gasteiger charge is 2.12. The summed E-state index contributed by atoms with van der Waals surface area (Å²) in [6.07, 6.45) is 6.88. The average Bonchev–Trinajstić information content (AvgIpc) is 2.25. The van der Waals surface area contributed by atoms with E-state index in [0.717, 1.165) is 25.6 Å². The SMILES string of the molecule is CCC(C)CNCCC1CCCCO1. The third-order valence-corrected chi connectivity index (χ3v) is 3.11. The fraction of sp³-hybridized carbons (Fsp3) is 1.00. The molecule has 0 saturated carbocycles. The molecule has 1 saturated heterocycles. The van der Waals surface area contributed by atoms with Gasteiger partial charge in [0.05, 0.1) is 6.10 Å². The number of hydrogen-bond donors (Lipinski definition) is 1. The zero-order valence-electron chi connectivity index (χ0n) is 9.72. The van der Waals surface area contributed by atoms with Gasteiger partial charge < -0.3 is 10.1 Å². The van der Waals surface area contributed by atoms with Crippen molar-refractivity contribution in [3.8, 4) is 0 Å². The molecule has 2 heteroatoms. The predicted octanol–water partition coefficient (Wildman–Crippen LogP) is 2.58. The van der Waals surface area contributed by atoms with E-state index in [-0.39, 0.29) is 0 Å². The Labute approximate surface area is 88.4 Å². The molecule has 1 heterocycles. The van der Waals surface area contributed by atoms with Crippen molar-refractivity contribution in [3.63, 3.8) is 0 Å². The summed E-state index contributed by atoms with van der Waals surface area (Å²) in [5.41, 5.74) is 0. The quantitative estimate of drug-likeness (QED) is 0.664. The molecule has 0 aromatic rings. The Balaban J connectivity index is 1.92. The Morgan fingerprint density at radius 3 is 2.93 bits per heavy atom. The number of ether oxygens (including phenoxy) is 1. The summed E-state index contributed by atoms with van der Waals surface area (Å²) in [4.78, 5) is 0. The molecule has 1 aliphatic heterocycles. The van der Waals surface area contributed by atoms with Gasteiger partial charge in [-0.2, -0.15) is 0 Å². The van der Waals surface area contributed by atoms with Crippen molar-refractivity contribution >= 4 is 0 Å². The molecule has 2 unspecified atom stereocenters. The Morgan fingerprint density at radius 1 is 1.43 bits per heavy atom. The molecule has 84 valence electrons. The zero-order chi connectivity index (χ0) is 10.2. The van der Waals surface area contributed by atoms with Crippen LogP contribution in [0.4, 0.5) is 0 Å². The first-order chi connectivity index (χ1) is 6.83.